The molecule has 0 aliphatic rings. The third kappa shape index (κ3) is 6.22. The summed E-state index contributed by atoms with van der Waals surface area (Å²) >= 11 is 0. The Balaban J connectivity index is 0.000000234. The highest BCUT2D eigenvalue weighted by Gasteiger charge is 2.08. The Morgan fingerprint density at radius 3 is 2.03 bits per heavy atom. The average Bonchev–Trinajstić information content (AvgIpc) is 3.12. The zero-order valence-corrected chi connectivity index (χ0v) is 18.2. The van der Waals surface area contributed by atoms with E-state index in [1.54, 1.807) is 12.5 Å². The fourth-order valence-corrected chi connectivity index (χ4v) is 3.23. The van der Waals surface area contributed by atoms with Crippen molar-refractivity contribution in [3.05, 3.63) is 95.1 Å². The predicted molar refractivity (Wildman–Crippen MR) is 125 cm³/mol. The average molecular weight is 383 g/mol. The number of nitriles is 1. The standard InChI is InChI=1S/C17H19B.C8H11N3/c1-13-7-3-5-9-15(13)17(11-12-18)16-10-6-4-8-14(16)2;1-7(3-9)5-11-6-10-4-8(11)2/h3-11H,12,18H2,1-2H3;4,6-7H,5H2,1-2H3. The summed E-state index contributed by atoms with van der Waals surface area (Å²) in [6, 6.07) is 19.4. The van der Waals surface area contributed by atoms with Crippen molar-refractivity contribution in [2.45, 2.75) is 40.6 Å². The van der Waals surface area contributed by atoms with Gasteiger partial charge >= 0.3 is 0 Å². The third-order valence-electron chi connectivity index (χ3n) is 4.89. The minimum absolute atomic E-state index is 0.0582. The van der Waals surface area contributed by atoms with E-state index in [1.807, 2.05) is 18.4 Å². The lowest BCUT2D eigenvalue weighted by Gasteiger charge is -2.13. The van der Waals surface area contributed by atoms with Gasteiger partial charge in [-0.1, -0.05) is 60.9 Å². The van der Waals surface area contributed by atoms with Gasteiger partial charge in [-0.3, -0.25) is 0 Å². The van der Waals surface area contributed by atoms with Crippen molar-refractivity contribution in [3.63, 3.8) is 0 Å². The molecular weight excluding hydrogens is 353 g/mol. The molecule has 1 heterocycles. The SMILES string of the molecule is BCC=C(c1ccccc1C)c1ccccc1C.Cc1cncn1CC(C)C#N. The van der Waals surface area contributed by atoms with E-state index in [9.17, 15) is 0 Å². The van der Waals surface area contributed by atoms with Crippen LogP contribution < -0.4 is 0 Å². The maximum absolute atomic E-state index is 8.54. The van der Waals surface area contributed by atoms with Gasteiger partial charge in [0.15, 0.2) is 0 Å². The van der Waals surface area contributed by atoms with Gasteiger partial charge in [-0.05, 0) is 55.5 Å². The second kappa shape index (κ2) is 11.1. The van der Waals surface area contributed by atoms with E-state index in [2.05, 4.69) is 87.4 Å². The molecule has 3 rings (SSSR count). The lowest BCUT2D eigenvalue weighted by molar-refractivity contribution is 0.569. The maximum atomic E-state index is 8.54. The summed E-state index contributed by atoms with van der Waals surface area (Å²) in [7, 11) is 2.19. The molecule has 1 atom stereocenters. The van der Waals surface area contributed by atoms with Gasteiger partial charge in [0, 0.05) is 18.4 Å². The lowest BCUT2D eigenvalue weighted by Crippen LogP contribution is -2.05. The number of nitrogens with zero attached hydrogens (tertiary/aromatic N) is 3. The molecule has 0 saturated heterocycles. The van der Waals surface area contributed by atoms with Crippen molar-refractivity contribution in [2.75, 3.05) is 0 Å². The topological polar surface area (TPSA) is 41.6 Å². The molecule has 0 bridgehead atoms. The molecule has 29 heavy (non-hydrogen) atoms. The van der Waals surface area contributed by atoms with Gasteiger partial charge in [0.2, 0.25) is 0 Å². The van der Waals surface area contributed by atoms with Crippen molar-refractivity contribution >= 4 is 13.4 Å². The Bertz CT molecular complexity index is 948. The van der Waals surface area contributed by atoms with E-state index in [-0.39, 0.29) is 5.92 Å². The number of hydrogen-bond donors (Lipinski definition) is 0. The molecule has 0 aliphatic heterocycles. The minimum atomic E-state index is 0.0582. The maximum Gasteiger partial charge on any atom is 0.106 e. The lowest BCUT2D eigenvalue weighted by atomic mass is 9.89. The Hall–Kier alpha value is -3.06. The van der Waals surface area contributed by atoms with E-state index >= 15 is 0 Å². The molecular formula is C25H30BN3. The summed E-state index contributed by atoms with van der Waals surface area (Å²) in [5, 5.41) is 8.54. The van der Waals surface area contributed by atoms with Gasteiger partial charge in [0.25, 0.3) is 0 Å². The van der Waals surface area contributed by atoms with Gasteiger partial charge in [-0.15, -0.1) is 0 Å². The molecule has 0 spiro atoms. The van der Waals surface area contributed by atoms with Crippen LogP contribution >= 0.6 is 0 Å². The smallest absolute Gasteiger partial charge is 0.106 e. The number of aryl methyl sites for hydroxylation is 3. The highest BCUT2D eigenvalue weighted by atomic mass is 15.0. The second-order valence-electron chi connectivity index (χ2n) is 7.37. The summed E-state index contributed by atoms with van der Waals surface area (Å²) in [5.74, 6) is 0.0582. The molecule has 1 unspecified atom stereocenters. The summed E-state index contributed by atoms with van der Waals surface area (Å²) < 4.78 is 1.98. The van der Waals surface area contributed by atoms with E-state index in [0.29, 0.717) is 0 Å². The minimum Gasteiger partial charge on any atom is -0.334 e. The van der Waals surface area contributed by atoms with Crippen LogP contribution in [-0.4, -0.2) is 17.4 Å². The van der Waals surface area contributed by atoms with Crippen LogP contribution in [0.5, 0.6) is 0 Å². The molecule has 0 radical (unpaired) electrons. The van der Waals surface area contributed by atoms with E-state index in [0.717, 1.165) is 18.6 Å². The largest absolute Gasteiger partial charge is 0.334 e. The number of rotatable bonds is 5. The fraction of sp³-hybridized carbons (Fsp3) is 0.280. The Labute approximate surface area is 176 Å². The molecule has 3 aromatic rings. The number of aromatic nitrogens is 2. The highest BCUT2D eigenvalue weighted by molar-refractivity contribution is 6.10. The van der Waals surface area contributed by atoms with Crippen LogP contribution in [-0.2, 0) is 6.54 Å². The van der Waals surface area contributed by atoms with Crippen LogP contribution in [0.15, 0.2) is 67.1 Å². The van der Waals surface area contributed by atoms with Crippen LogP contribution in [0.3, 0.4) is 0 Å². The molecule has 4 heteroatoms. The first-order valence-corrected chi connectivity index (χ1v) is 10.2. The number of allylic oxidation sites excluding steroid dienone is 1. The summed E-state index contributed by atoms with van der Waals surface area (Å²) in [6.45, 7) is 8.98. The fourth-order valence-electron chi connectivity index (χ4n) is 3.23. The van der Waals surface area contributed by atoms with Gasteiger partial charge in [0.05, 0.1) is 18.3 Å². The first-order valence-electron chi connectivity index (χ1n) is 10.2. The molecule has 0 fully saturated rings. The zero-order valence-electron chi connectivity index (χ0n) is 18.2. The van der Waals surface area contributed by atoms with Crippen LogP contribution in [0, 0.1) is 38.0 Å². The molecule has 2 aromatic carbocycles. The number of imidazole rings is 1. The summed E-state index contributed by atoms with van der Waals surface area (Å²) in [4.78, 5) is 3.96. The molecule has 148 valence electrons. The van der Waals surface area contributed by atoms with Crippen LogP contribution in [0.25, 0.3) is 5.57 Å². The quantitative estimate of drug-likeness (QED) is 0.573. The van der Waals surface area contributed by atoms with Gasteiger partial charge in [-0.25, -0.2) is 4.98 Å². The zero-order chi connectivity index (χ0) is 21.2. The Morgan fingerprint density at radius 1 is 1.07 bits per heavy atom. The number of hydrogen-bond acceptors (Lipinski definition) is 2. The van der Waals surface area contributed by atoms with Crippen molar-refractivity contribution in [1.29, 1.82) is 5.26 Å². The normalized spacial score (nSPS) is 11.0. The van der Waals surface area contributed by atoms with Gasteiger partial charge < -0.3 is 4.57 Å². The van der Waals surface area contributed by atoms with Crippen molar-refractivity contribution in [1.82, 2.24) is 9.55 Å². The van der Waals surface area contributed by atoms with Crippen LogP contribution in [0.2, 0.25) is 6.32 Å². The van der Waals surface area contributed by atoms with Crippen LogP contribution in [0.4, 0.5) is 0 Å². The Morgan fingerprint density at radius 2 is 1.62 bits per heavy atom. The Kier molecular flexibility index (Phi) is 8.49. The second-order valence-corrected chi connectivity index (χ2v) is 7.37. The molecule has 3 nitrogen and oxygen atoms in total. The van der Waals surface area contributed by atoms with Crippen LogP contribution in [0.1, 0.15) is 34.9 Å². The molecule has 0 aliphatic carbocycles. The molecule has 0 N–H and O–H groups in total. The first kappa shape index (κ1) is 22.2. The molecule has 0 amide bonds. The van der Waals surface area contributed by atoms with Crippen molar-refractivity contribution in [3.8, 4) is 6.07 Å². The first-order chi connectivity index (χ1) is 14.0. The highest BCUT2D eigenvalue weighted by Crippen LogP contribution is 2.28. The van der Waals surface area contributed by atoms with E-state index < -0.39 is 0 Å². The van der Waals surface area contributed by atoms with Gasteiger partial charge in [-0.2, -0.15) is 5.26 Å². The van der Waals surface area contributed by atoms with Crippen molar-refractivity contribution < 1.29 is 0 Å². The summed E-state index contributed by atoms with van der Waals surface area (Å²) in [5.41, 5.74) is 7.81. The van der Waals surface area contributed by atoms with E-state index in [1.165, 1.54) is 27.8 Å². The third-order valence-corrected chi connectivity index (χ3v) is 4.89. The summed E-state index contributed by atoms with van der Waals surface area (Å²) in [6.07, 6.45) is 6.93. The molecule has 1 aromatic heterocycles. The number of benzene rings is 2. The predicted octanol–water partition coefficient (Wildman–Crippen LogP) is 5.14. The van der Waals surface area contributed by atoms with Crippen molar-refractivity contribution in [2.24, 2.45) is 5.92 Å². The molecule has 0 saturated carbocycles. The van der Waals surface area contributed by atoms with E-state index in [4.69, 9.17) is 5.26 Å². The van der Waals surface area contributed by atoms with Gasteiger partial charge in [0.1, 0.15) is 7.85 Å². The monoisotopic (exact) mass is 383 g/mol.